The second-order valence-corrected chi connectivity index (χ2v) is 77.1. The third kappa shape index (κ3) is 30.9. The Bertz CT molecular complexity index is 2820. The van der Waals surface area contributed by atoms with Crippen LogP contribution in [0.1, 0.15) is 22.3 Å². The maximum Gasteiger partial charge on any atom is 0.317 e. The Morgan fingerprint density at radius 2 is 0.418 bits per heavy atom. The lowest BCUT2D eigenvalue weighted by Crippen LogP contribution is -2.64. The first kappa shape index (κ1) is 82.0. The monoisotopic (exact) mass is 1500 g/mol. The van der Waals surface area contributed by atoms with E-state index in [-0.39, 0.29) is 0 Å². The second kappa shape index (κ2) is 33.9. The third-order valence-electron chi connectivity index (χ3n) is 14.3. The molecule has 4 atom stereocenters. The molecule has 0 heterocycles. The van der Waals surface area contributed by atoms with Crippen LogP contribution in [0.5, 0.6) is 23.0 Å². The smallest absolute Gasteiger partial charge is 0.317 e. The molecular weight excluding hydrogens is 1390 g/mol. The molecule has 0 saturated carbocycles. The Hall–Kier alpha value is -1.40. The van der Waals surface area contributed by atoms with Gasteiger partial charge in [-0.1, -0.05) is 48.5 Å². The van der Waals surface area contributed by atoms with Gasteiger partial charge >= 0.3 is 103 Å². The summed E-state index contributed by atoms with van der Waals surface area (Å²) in [6.45, 7) is 51.2. The normalized spacial score (nSPS) is 16.1. The molecule has 0 aliphatic heterocycles. The molecule has 0 aliphatic rings. The molecule has 0 spiro atoms. The minimum Gasteiger partial charge on any atom is -0.497 e. The summed E-state index contributed by atoms with van der Waals surface area (Å²) < 4.78 is 116. The molecule has 4 rings (SSSR count). The van der Waals surface area contributed by atoms with Crippen LogP contribution in [-0.2, 0) is 79.2 Å². The summed E-state index contributed by atoms with van der Waals surface area (Å²) in [6, 6.07) is 35.9. The molecule has 0 aromatic heterocycles. The van der Waals surface area contributed by atoms with Gasteiger partial charge < -0.3 is 72.4 Å². The van der Waals surface area contributed by atoms with E-state index in [2.05, 4.69) is 206 Å². The minimum atomic E-state index is -3.38. The van der Waals surface area contributed by atoms with Crippen LogP contribution in [0, 0.1) is 0 Å². The largest absolute Gasteiger partial charge is 0.497 e. The Morgan fingerprint density at radius 1 is 0.231 bits per heavy atom. The van der Waals surface area contributed by atoms with Gasteiger partial charge in [0.2, 0.25) is 0 Å². The van der Waals surface area contributed by atoms with E-state index in [1.54, 1.807) is 28.4 Å². The van der Waals surface area contributed by atoms with Crippen molar-refractivity contribution >= 4 is 121 Å². The lowest BCUT2D eigenvalue weighted by molar-refractivity contribution is 0.246. The first-order valence-corrected chi connectivity index (χ1v) is 70.4. The Kier molecular flexibility index (Phi) is 30.6. The molecule has 4 aromatic rings. The number of ether oxygens (including phenoxy) is 4. The van der Waals surface area contributed by atoms with Crippen LogP contribution in [0.25, 0.3) is 0 Å². The van der Waals surface area contributed by atoms with Gasteiger partial charge in [-0.15, -0.1) is 0 Å². The first-order valence-electron chi connectivity index (χ1n) is 32.2. The van der Waals surface area contributed by atoms with Crippen molar-refractivity contribution in [2.45, 2.75) is 207 Å². The van der Waals surface area contributed by atoms with Crippen LogP contribution in [0.4, 0.5) is 0 Å². The maximum absolute atomic E-state index is 8.03. The Morgan fingerprint density at radius 3 is 0.637 bits per heavy atom. The minimum absolute atomic E-state index is 0.630. The van der Waals surface area contributed by atoms with Crippen LogP contribution in [-0.4, -0.2) is 149 Å². The fourth-order valence-electron chi connectivity index (χ4n) is 12.4. The van der Waals surface area contributed by atoms with Gasteiger partial charge in [0, 0.05) is 0 Å². The molecule has 0 amide bonds. The lowest BCUT2D eigenvalue weighted by Gasteiger charge is -2.47. The summed E-state index contributed by atoms with van der Waals surface area (Å²) >= 11 is 0. The van der Waals surface area contributed by atoms with Gasteiger partial charge in [-0.05, 0) is 278 Å². The number of hydrogen-bond donors (Lipinski definition) is 0. The molecule has 91 heavy (non-hydrogen) atoms. The van der Waals surface area contributed by atoms with Crippen molar-refractivity contribution in [3.8, 4) is 23.0 Å². The molecule has 0 aliphatic carbocycles. The SMILES string of the molecule is COc1ccc(CC[Si](C)(O[SiH](C)C)O[Si](C)(CCc2ccc(OC)cc2)O[Si](C)(CCc2ccc(OC)cc2)O[Si](C)(CCc2ccc(OC)cc2)O[Si](C)(C)O[Si](C)(C)O[Si](C)(C)O[Si](C)(C)O[Si](C)(C)O[Si](C)(C)O[Si](C)(C)O[Si](C)(C)O[SiH](C)C)cc1. The van der Waals surface area contributed by atoms with Crippen molar-refractivity contribution in [2.75, 3.05) is 28.4 Å². The topological polar surface area (TPSA) is 157 Å². The standard InChI is InChI=1S/C60H118O17Si14/c1-61-57-37-29-53(30-38-57)45-49-88(25,66-79(7)8)75-90(27,51-47-55-33-41-59(63-3)42-34-55)77-91(28,52-48-56-35-43-60(64-4)44-36-56)76-89(26,50-46-54-31-39-58(62-2)40-32-54)74-87(23,24)73-86(21,22)72-85(19,20)71-84(17,18)70-83(15,16)69-82(13,14)68-81(11,12)67-80(9,10)65-78(5)6/h29-44,78-79H,45-52H2,1-28H3. The highest BCUT2D eigenvalue weighted by Gasteiger charge is 2.55. The number of benzene rings is 4. The maximum atomic E-state index is 8.03. The van der Waals surface area contributed by atoms with Crippen molar-refractivity contribution in [3.63, 3.8) is 0 Å². The number of aryl methyl sites for hydroxylation is 4. The van der Waals surface area contributed by atoms with Gasteiger partial charge in [-0.2, -0.15) is 0 Å². The van der Waals surface area contributed by atoms with Crippen LogP contribution < -0.4 is 18.9 Å². The third-order valence-corrected chi connectivity index (χ3v) is 68.6. The summed E-state index contributed by atoms with van der Waals surface area (Å²) in [6.07, 6.45) is 2.94. The average molecular weight is 1500 g/mol. The summed E-state index contributed by atoms with van der Waals surface area (Å²) in [7, 11) is -31.7. The van der Waals surface area contributed by atoms with Crippen molar-refractivity contribution in [2.24, 2.45) is 0 Å². The number of methoxy groups -OCH3 is 4. The van der Waals surface area contributed by atoms with E-state index >= 15 is 0 Å². The first-order chi connectivity index (χ1) is 41.7. The summed E-state index contributed by atoms with van der Waals surface area (Å²) in [5, 5.41) is 0. The van der Waals surface area contributed by atoms with Crippen LogP contribution in [0.2, 0.25) is 181 Å². The molecule has 0 fully saturated rings. The van der Waals surface area contributed by atoms with Gasteiger partial charge in [0.05, 0.1) is 28.4 Å². The van der Waals surface area contributed by atoms with Crippen LogP contribution in [0.15, 0.2) is 97.1 Å². The molecule has 4 unspecified atom stereocenters. The molecule has 4 aromatic carbocycles. The molecule has 17 nitrogen and oxygen atoms in total. The van der Waals surface area contributed by atoms with Crippen molar-refractivity contribution < 1.29 is 72.4 Å². The second-order valence-electron chi connectivity index (χ2n) is 28.6. The van der Waals surface area contributed by atoms with Gasteiger partial charge in [0.15, 0.2) is 18.1 Å². The lowest BCUT2D eigenvalue weighted by atomic mass is 10.2. The fraction of sp³-hybridized carbons (Fsp3) is 0.600. The zero-order valence-electron chi connectivity index (χ0n) is 61.0. The Labute approximate surface area is 566 Å². The van der Waals surface area contributed by atoms with E-state index in [1.807, 2.05) is 48.5 Å². The molecule has 516 valence electrons. The summed E-state index contributed by atoms with van der Waals surface area (Å²) in [5.41, 5.74) is 4.68. The van der Waals surface area contributed by atoms with Gasteiger partial charge in [-0.3, -0.25) is 0 Å². The average Bonchev–Trinajstić information content (AvgIpc) is 0.846. The van der Waals surface area contributed by atoms with Gasteiger partial charge in [0.1, 0.15) is 23.0 Å². The van der Waals surface area contributed by atoms with E-state index in [0.29, 0.717) is 31.0 Å². The number of hydrogen-bond acceptors (Lipinski definition) is 17. The molecule has 0 N–H and O–H groups in total. The van der Waals surface area contributed by atoms with E-state index in [0.717, 1.165) is 53.0 Å². The van der Waals surface area contributed by atoms with E-state index in [4.69, 9.17) is 72.4 Å². The molecular formula is C60H118O17Si14. The predicted molar refractivity (Wildman–Crippen MR) is 404 cm³/mol. The molecule has 0 radical (unpaired) electrons. The highest BCUT2D eigenvalue weighted by atomic mass is 28.5. The van der Waals surface area contributed by atoms with E-state index in [9.17, 15) is 0 Å². The van der Waals surface area contributed by atoms with Crippen LogP contribution in [0.3, 0.4) is 0 Å². The highest BCUT2D eigenvalue weighted by Crippen LogP contribution is 2.38. The molecule has 0 saturated heterocycles. The Balaban J connectivity index is 1.74. The molecule has 31 heteroatoms. The van der Waals surface area contributed by atoms with Gasteiger partial charge in [0.25, 0.3) is 0 Å². The van der Waals surface area contributed by atoms with Crippen molar-refractivity contribution in [1.82, 2.24) is 0 Å². The predicted octanol–water partition coefficient (Wildman–Crippen LogP) is 16.1. The van der Waals surface area contributed by atoms with Crippen molar-refractivity contribution in [1.29, 1.82) is 0 Å². The van der Waals surface area contributed by atoms with E-state index < -0.39 is 121 Å². The fourth-order valence-corrected chi connectivity index (χ4v) is 82.2. The van der Waals surface area contributed by atoms with Crippen LogP contribution >= 0.6 is 0 Å². The summed E-state index contributed by atoms with van der Waals surface area (Å²) in [4.78, 5) is 0. The summed E-state index contributed by atoms with van der Waals surface area (Å²) in [5.74, 6) is 3.24. The number of rotatable bonds is 42. The highest BCUT2D eigenvalue weighted by molar-refractivity contribution is 6.94. The van der Waals surface area contributed by atoms with Crippen molar-refractivity contribution in [3.05, 3.63) is 119 Å². The van der Waals surface area contributed by atoms with Gasteiger partial charge in [-0.25, -0.2) is 0 Å². The quantitative estimate of drug-likeness (QED) is 0.0386. The zero-order valence-corrected chi connectivity index (χ0v) is 75.3. The van der Waals surface area contributed by atoms with E-state index in [1.165, 1.54) is 11.1 Å². The molecule has 0 bridgehead atoms. The zero-order chi connectivity index (χ0) is 68.8.